The van der Waals surface area contributed by atoms with Crippen molar-refractivity contribution in [3.8, 4) is 0 Å². The van der Waals surface area contributed by atoms with Gasteiger partial charge in [-0.25, -0.2) is 4.98 Å². The third-order valence-electron chi connectivity index (χ3n) is 3.52. The van der Waals surface area contributed by atoms with Crippen LogP contribution in [-0.4, -0.2) is 38.8 Å². The van der Waals surface area contributed by atoms with Gasteiger partial charge in [-0.2, -0.15) is 0 Å². The van der Waals surface area contributed by atoms with Crippen LogP contribution in [0.1, 0.15) is 23.7 Å². The van der Waals surface area contributed by atoms with Gasteiger partial charge in [0.1, 0.15) is 5.82 Å². The minimum Gasteiger partial charge on any atom is -0.335 e. The first-order chi connectivity index (χ1) is 9.76. The van der Waals surface area contributed by atoms with E-state index in [1.165, 1.54) is 17.3 Å². The van der Waals surface area contributed by atoms with Crippen LogP contribution in [0, 0.1) is 0 Å². The summed E-state index contributed by atoms with van der Waals surface area (Å²) in [6.07, 6.45) is 2.51. The van der Waals surface area contributed by atoms with E-state index in [0.717, 1.165) is 12.4 Å². The largest absolute Gasteiger partial charge is 0.335 e. The Bertz CT molecular complexity index is 598. The quantitative estimate of drug-likeness (QED) is 0.875. The lowest BCUT2D eigenvalue weighted by molar-refractivity contribution is -0.128. The van der Waals surface area contributed by atoms with Gasteiger partial charge in [0.25, 0.3) is 0 Å². The molecule has 1 aromatic heterocycles. The van der Waals surface area contributed by atoms with Crippen molar-refractivity contribution >= 4 is 17.7 Å². The number of amides is 1. The minimum absolute atomic E-state index is 0.181. The van der Waals surface area contributed by atoms with E-state index < -0.39 is 0 Å². The molecule has 3 rings (SSSR count). The van der Waals surface area contributed by atoms with Crippen LogP contribution in [0.25, 0.3) is 0 Å². The molecule has 20 heavy (non-hydrogen) atoms. The lowest BCUT2D eigenvalue weighted by Gasteiger charge is -2.14. The van der Waals surface area contributed by atoms with Crippen molar-refractivity contribution in [3.63, 3.8) is 0 Å². The smallest absolute Gasteiger partial charge is 0.223 e. The van der Waals surface area contributed by atoms with Crippen LogP contribution in [0.4, 0.5) is 0 Å². The minimum atomic E-state index is 0.181. The number of likely N-dealkylation sites (tertiary alicyclic amines) is 1. The van der Waals surface area contributed by atoms with Crippen molar-refractivity contribution in [3.05, 3.63) is 41.7 Å². The molecule has 0 spiro atoms. The Labute approximate surface area is 121 Å². The number of aromatic amines is 1. The maximum atomic E-state index is 12.1. The molecule has 1 saturated heterocycles. The summed E-state index contributed by atoms with van der Waals surface area (Å²) in [5.41, 5.74) is 1.23. The molecule has 1 atom stereocenters. The van der Waals surface area contributed by atoms with Crippen LogP contribution in [0.3, 0.4) is 0 Å². The lowest BCUT2D eigenvalue weighted by Crippen LogP contribution is -2.25. The van der Waals surface area contributed by atoms with E-state index in [9.17, 15) is 4.79 Å². The SMILES string of the molecule is CSc1n[nH]c(CN2CC(c3ccccc3)CC2=O)n1. The van der Waals surface area contributed by atoms with Crippen LogP contribution in [0.2, 0.25) is 0 Å². The zero-order valence-electron chi connectivity index (χ0n) is 11.2. The summed E-state index contributed by atoms with van der Waals surface area (Å²) in [5.74, 6) is 1.21. The van der Waals surface area contributed by atoms with Crippen molar-refractivity contribution in [1.29, 1.82) is 0 Å². The molecular weight excluding hydrogens is 272 g/mol. The van der Waals surface area contributed by atoms with E-state index in [-0.39, 0.29) is 11.8 Å². The van der Waals surface area contributed by atoms with Gasteiger partial charge in [0.2, 0.25) is 11.1 Å². The number of aromatic nitrogens is 3. The third-order valence-corrected chi connectivity index (χ3v) is 4.07. The van der Waals surface area contributed by atoms with Crippen molar-refractivity contribution in [2.45, 2.75) is 24.0 Å². The number of hydrogen-bond donors (Lipinski definition) is 1. The summed E-state index contributed by atoms with van der Waals surface area (Å²) in [6.45, 7) is 1.26. The maximum absolute atomic E-state index is 12.1. The van der Waals surface area contributed by atoms with Gasteiger partial charge in [-0.05, 0) is 11.8 Å². The van der Waals surface area contributed by atoms with Crippen LogP contribution in [0.15, 0.2) is 35.5 Å². The van der Waals surface area contributed by atoms with Gasteiger partial charge in [-0.3, -0.25) is 9.89 Å². The van der Waals surface area contributed by atoms with E-state index in [0.29, 0.717) is 18.1 Å². The summed E-state index contributed by atoms with van der Waals surface area (Å²) >= 11 is 1.49. The van der Waals surface area contributed by atoms with Gasteiger partial charge >= 0.3 is 0 Å². The average Bonchev–Trinajstić information content (AvgIpc) is 3.08. The average molecular weight is 288 g/mol. The molecule has 1 aromatic carbocycles. The fourth-order valence-electron chi connectivity index (χ4n) is 2.49. The molecule has 5 nitrogen and oxygen atoms in total. The summed E-state index contributed by atoms with van der Waals surface area (Å²) in [7, 11) is 0. The number of rotatable bonds is 4. The van der Waals surface area contributed by atoms with Gasteiger partial charge in [-0.1, -0.05) is 42.1 Å². The number of benzene rings is 1. The van der Waals surface area contributed by atoms with Gasteiger partial charge < -0.3 is 4.90 Å². The topological polar surface area (TPSA) is 61.9 Å². The van der Waals surface area contributed by atoms with E-state index in [2.05, 4.69) is 27.3 Å². The molecule has 1 N–H and O–H groups in total. The molecular formula is C14H16N4OS. The second kappa shape index (κ2) is 5.66. The Morgan fingerprint density at radius 1 is 1.40 bits per heavy atom. The number of thioether (sulfide) groups is 1. The summed E-state index contributed by atoms with van der Waals surface area (Å²) in [6, 6.07) is 10.2. The molecule has 0 saturated carbocycles. The van der Waals surface area contributed by atoms with Crippen molar-refractivity contribution in [2.24, 2.45) is 0 Å². The number of H-pyrrole nitrogens is 1. The zero-order chi connectivity index (χ0) is 13.9. The molecule has 1 aliphatic rings. The molecule has 1 amide bonds. The Hall–Kier alpha value is -1.82. The second-order valence-electron chi connectivity index (χ2n) is 4.85. The number of carbonyl (C=O) groups excluding carboxylic acids is 1. The lowest BCUT2D eigenvalue weighted by atomic mass is 9.99. The van der Waals surface area contributed by atoms with E-state index in [1.54, 1.807) is 0 Å². The first-order valence-corrected chi connectivity index (χ1v) is 7.76. The van der Waals surface area contributed by atoms with Crippen molar-refractivity contribution < 1.29 is 4.79 Å². The van der Waals surface area contributed by atoms with E-state index in [1.807, 2.05) is 29.4 Å². The number of nitrogens with one attached hydrogen (secondary N) is 1. The molecule has 2 heterocycles. The highest BCUT2D eigenvalue weighted by Gasteiger charge is 2.30. The van der Waals surface area contributed by atoms with Crippen LogP contribution >= 0.6 is 11.8 Å². The van der Waals surface area contributed by atoms with Gasteiger partial charge in [0.05, 0.1) is 6.54 Å². The first-order valence-electron chi connectivity index (χ1n) is 6.54. The Morgan fingerprint density at radius 2 is 2.20 bits per heavy atom. The molecule has 1 aliphatic heterocycles. The monoisotopic (exact) mass is 288 g/mol. The number of hydrogen-bond acceptors (Lipinski definition) is 4. The number of carbonyl (C=O) groups is 1. The summed E-state index contributed by atoms with van der Waals surface area (Å²) in [5, 5.41) is 7.66. The molecule has 2 aromatic rings. The number of nitrogens with zero attached hydrogens (tertiary/aromatic N) is 3. The summed E-state index contributed by atoms with van der Waals surface area (Å²) in [4.78, 5) is 18.3. The Morgan fingerprint density at radius 3 is 2.90 bits per heavy atom. The normalized spacial score (nSPS) is 18.8. The fraction of sp³-hybridized carbons (Fsp3) is 0.357. The third kappa shape index (κ3) is 2.70. The van der Waals surface area contributed by atoms with Crippen LogP contribution in [0.5, 0.6) is 0 Å². The Kier molecular flexibility index (Phi) is 3.73. The highest BCUT2D eigenvalue weighted by atomic mass is 32.2. The standard InChI is InChI=1S/C14H16N4OS/c1-20-14-15-12(16-17-14)9-18-8-11(7-13(18)19)10-5-3-2-4-6-10/h2-6,11H,7-9H2,1H3,(H,15,16,17). The van der Waals surface area contributed by atoms with Crippen molar-refractivity contribution in [1.82, 2.24) is 20.1 Å². The second-order valence-corrected chi connectivity index (χ2v) is 5.63. The molecule has 1 unspecified atom stereocenters. The molecule has 0 radical (unpaired) electrons. The van der Waals surface area contributed by atoms with Gasteiger partial charge in [-0.15, -0.1) is 5.10 Å². The first kappa shape index (κ1) is 13.2. The highest BCUT2D eigenvalue weighted by molar-refractivity contribution is 7.98. The van der Waals surface area contributed by atoms with Crippen LogP contribution in [-0.2, 0) is 11.3 Å². The maximum Gasteiger partial charge on any atom is 0.223 e. The molecule has 0 bridgehead atoms. The Balaban J connectivity index is 1.68. The molecule has 1 fully saturated rings. The fourth-order valence-corrected chi connectivity index (χ4v) is 2.83. The summed E-state index contributed by atoms with van der Waals surface area (Å²) < 4.78 is 0. The van der Waals surface area contributed by atoms with Crippen LogP contribution < -0.4 is 0 Å². The predicted molar refractivity (Wildman–Crippen MR) is 77.4 cm³/mol. The van der Waals surface area contributed by atoms with Gasteiger partial charge in [0.15, 0.2) is 0 Å². The highest BCUT2D eigenvalue weighted by Crippen LogP contribution is 2.28. The van der Waals surface area contributed by atoms with E-state index in [4.69, 9.17) is 0 Å². The predicted octanol–water partition coefficient (Wildman–Crippen LogP) is 2.04. The van der Waals surface area contributed by atoms with E-state index >= 15 is 0 Å². The molecule has 0 aliphatic carbocycles. The molecule has 104 valence electrons. The zero-order valence-corrected chi connectivity index (χ0v) is 12.1. The van der Waals surface area contributed by atoms with Crippen molar-refractivity contribution in [2.75, 3.05) is 12.8 Å². The van der Waals surface area contributed by atoms with Gasteiger partial charge in [0, 0.05) is 18.9 Å². The molecule has 6 heteroatoms.